The second kappa shape index (κ2) is 25.1. The third kappa shape index (κ3) is 18.0. The van der Waals surface area contributed by atoms with Gasteiger partial charge in [0.1, 0.15) is 5.69 Å². The molecule has 1 unspecified atom stereocenters. The Hall–Kier alpha value is -1.98. The molecule has 0 amide bonds. The van der Waals surface area contributed by atoms with Crippen molar-refractivity contribution in [3.63, 3.8) is 0 Å². The molecule has 0 aliphatic rings. The van der Waals surface area contributed by atoms with E-state index in [1.165, 1.54) is 56.6 Å². The predicted molar refractivity (Wildman–Crippen MR) is 157 cm³/mol. The smallest absolute Gasteiger partial charge is 0.330 e. The summed E-state index contributed by atoms with van der Waals surface area (Å²) in [5.74, 6) is 1.75. The van der Waals surface area contributed by atoms with Crippen LogP contribution in [0.4, 0.5) is 5.69 Å². The highest BCUT2D eigenvalue weighted by atomic mass is 16.2. The Labute approximate surface area is 217 Å². The summed E-state index contributed by atoms with van der Waals surface area (Å²) in [6.07, 6.45) is 13.2. The van der Waals surface area contributed by atoms with E-state index in [9.17, 15) is 9.59 Å². The van der Waals surface area contributed by atoms with Crippen molar-refractivity contribution in [2.45, 2.75) is 127 Å². The van der Waals surface area contributed by atoms with E-state index in [1.807, 2.05) is 13.0 Å². The molecule has 1 rings (SSSR count). The van der Waals surface area contributed by atoms with Gasteiger partial charge in [-0.2, -0.15) is 0 Å². The SMILES string of the molecule is CC/C=C(/NCCC)Nc1c(C)n(C)c(=O)n(C)c1=O.CCCC.CCCC.CCCC(C)CC. The number of hydrogen-bond donors (Lipinski definition) is 2. The molecule has 6 heteroatoms. The first kappa shape index (κ1) is 37.6. The van der Waals surface area contributed by atoms with Gasteiger partial charge < -0.3 is 10.6 Å². The Bertz CT molecular complexity index is 755. The average molecular weight is 497 g/mol. The number of nitrogens with one attached hydrogen (secondary N) is 2. The summed E-state index contributed by atoms with van der Waals surface area (Å²) >= 11 is 0. The highest BCUT2D eigenvalue weighted by Crippen LogP contribution is 2.08. The lowest BCUT2D eigenvalue weighted by molar-refractivity contribution is 0.509. The van der Waals surface area contributed by atoms with Crippen molar-refractivity contribution in [2.24, 2.45) is 20.0 Å². The summed E-state index contributed by atoms with van der Waals surface area (Å²) in [5.41, 5.74) is 0.419. The van der Waals surface area contributed by atoms with E-state index >= 15 is 0 Å². The number of unbranched alkanes of at least 4 members (excludes halogenated alkanes) is 2. The minimum atomic E-state index is -0.319. The summed E-state index contributed by atoms with van der Waals surface area (Å²) in [6, 6.07) is 0. The summed E-state index contributed by atoms with van der Waals surface area (Å²) in [7, 11) is 3.14. The molecule has 1 aromatic heterocycles. The number of rotatable bonds is 11. The predicted octanol–water partition coefficient (Wildman–Crippen LogP) is 7.50. The molecule has 35 heavy (non-hydrogen) atoms. The Morgan fingerprint density at radius 2 is 1.34 bits per heavy atom. The second-order valence-electron chi connectivity index (χ2n) is 9.05. The molecule has 0 saturated heterocycles. The first-order valence-corrected chi connectivity index (χ1v) is 14.0. The monoisotopic (exact) mass is 496 g/mol. The van der Waals surface area contributed by atoms with Gasteiger partial charge in [0, 0.05) is 26.3 Å². The summed E-state index contributed by atoms with van der Waals surface area (Å²) in [5, 5.41) is 6.36. The molecule has 208 valence electrons. The molecule has 0 spiro atoms. The largest absolute Gasteiger partial charge is 0.372 e. The number of nitrogens with zero attached hydrogens (tertiary/aromatic N) is 2. The molecule has 0 aliphatic heterocycles. The van der Waals surface area contributed by atoms with Gasteiger partial charge >= 0.3 is 5.69 Å². The van der Waals surface area contributed by atoms with Crippen molar-refractivity contribution in [1.29, 1.82) is 0 Å². The van der Waals surface area contributed by atoms with E-state index in [0.717, 1.165) is 35.7 Å². The zero-order valence-corrected chi connectivity index (χ0v) is 25.4. The van der Waals surface area contributed by atoms with Crippen LogP contribution in [-0.2, 0) is 14.1 Å². The van der Waals surface area contributed by atoms with Crippen molar-refractivity contribution < 1.29 is 0 Å². The zero-order valence-electron chi connectivity index (χ0n) is 25.4. The normalized spacial score (nSPS) is 11.1. The van der Waals surface area contributed by atoms with Crippen LogP contribution >= 0.6 is 0 Å². The lowest BCUT2D eigenvalue weighted by atomic mass is 10.0. The lowest BCUT2D eigenvalue weighted by Gasteiger charge is -2.17. The Kier molecular flexibility index (Phi) is 27.0. The third-order valence-corrected chi connectivity index (χ3v) is 5.67. The number of aromatic nitrogens is 2. The molecule has 0 aromatic carbocycles. The lowest BCUT2D eigenvalue weighted by Crippen LogP contribution is -2.40. The molecule has 0 saturated carbocycles. The third-order valence-electron chi connectivity index (χ3n) is 5.67. The van der Waals surface area contributed by atoms with Crippen LogP contribution in [-0.4, -0.2) is 15.7 Å². The highest BCUT2D eigenvalue weighted by Gasteiger charge is 2.12. The van der Waals surface area contributed by atoms with Crippen molar-refractivity contribution in [1.82, 2.24) is 14.5 Å². The molecule has 0 radical (unpaired) electrons. The fourth-order valence-electron chi connectivity index (χ4n) is 2.55. The van der Waals surface area contributed by atoms with Gasteiger partial charge in [0.25, 0.3) is 5.56 Å². The van der Waals surface area contributed by atoms with Crippen LogP contribution in [0, 0.1) is 12.8 Å². The van der Waals surface area contributed by atoms with Gasteiger partial charge in [-0.25, -0.2) is 4.79 Å². The fraction of sp³-hybridized carbons (Fsp3) is 0.793. The number of anilines is 1. The van der Waals surface area contributed by atoms with E-state index in [-0.39, 0.29) is 11.2 Å². The average Bonchev–Trinajstić information content (AvgIpc) is 2.88. The number of hydrogen-bond acceptors (Lipinski definition) is 4. The van der Waals surface area contributed by atoms with Crippen LogP contribution in [0.2, 0.25) is 0 Å². The Morgan fingerprint density at radius 1 is 0.829 bits per heavy atom. The maximum absolute atomic E-state index is 12.2. The number of allylic oxidation sites excluding steroid dienone is 1. The van der Waals surface area contributed by atoms with Gasteiger partial charge in [-0.3, -0.25) is 13.9 Å². The zero-order chi connectivity index (χ0) is 27.8. The molecular formula is C29H60N4O2. The highest BCUT2D eigenvalue weighted by molar-refractivity contribution is 5.50. The Balaban J connectivity index is -0.000000557. The van der Waals surface area contributed by atoms with Crippen molar-refractivity contribution in [2.75, 3.05) is 11.9 Å². The minimum absolute atomic E-state index is 0.314. The first-order chi connectivity index (χ1) is 16.6. The molecule has 1 atom stereocenters. The minimum Gasteiger partial charge on any atom is -0.372 e. The van der Waals surface area contributed by atoms with Crippen LogP contribution in [0.1, 0.15) is 126 Å². The van der Waals surface area contributed by atoms with E-state index < -0.39 is 0 Å². The van der Waals surface area contributed by atoms with Crippen LogP contribution in [0.3, 0.4) is 0 Å². The molecular weight excluding hydrogens is 436 g/mol. The quantitative estimate of drug-likeness (QED) is 0.333. The van der Waals surface area contributed by atoms with Crippen LogP contribution in [0.5, 0.6) is 0 Å². The fourth-order valence-corrected chi connectivity index (χ4v) is 2.55. The van der Waals surface area contributed by atoms with E-state index in [0.29, 0.717) is 11.4 Å². The molecule has 2 N–H and O–H groups in total. The van der Waals surface area contributed by atoms with E-state index in [4.69, 9.17) is 0 Å². The Morgan fingerprint density at radius 3 is 1.69 bits per heavy atom. The topological polar surface area (TPSA) is 68.1 Å². The van der Waals surface area contributed by atoms with Gasteiger partial charge in [0.05, 0.1) is 5.82 Å². The van der Waals surface area contributed by atoms with Crippen LogP contribution in [0.25, 0.3) is 0 Å². The van der Waals surface area contributed by atoms with Gasteiger partial charge in [0.2, 0.25) is 0 Å². The molecule has 6 nitrogen and oxygen atoms in total. The molecule has 1 aromatic rings. The summed E-state index contributed by atoms with van der Waals surface area (Å²) in [4.78, 5) is 24.0. The second-order valence-corrected chi connectivity index (χ2v) is 9.05. The molecule has 0 fully saturated rings. The molecule has 0 aliphatic carbocycles. The standard InChI is InChI=1S/C14H24N4O2.C7H16.2C4H10/c1-6-8-11(15-9-7-2)16-12-10(3)17(4)14(20)18(5)13(12)19;1-4-6-7(3)5-2;2*1-3-4-2/h8,15-16H,6-7,9H2,1-5H3;7H,4-6H2,1-3H3;2*3-4H2,1-2H3/b11-8-;;;. The van der Waals surface area contributed by atoms with Gasteiger partial charge in [-0.1, -0.05) is 107 Å². The maximum Gasteiger partial charge on any atom is 0.330 e. The molecule has 0 bridgehead atoms. The van der Waals surface area contributed by atoms with E-state index in [1.54, 1.807) is 14.0 Å². The van der Waals surface area contributed by atoms with Crippen molar-refractivity contribution in [3.8, 4) is 0 Å². The van der Waals surface area contributed by atoms with Crippen molar-refractivity contribution in [3.05, 3.63) is 38.4 Å². The summed E-state index contributed by atoms with van der Waals surface area (Å²) < 4.78 is 2.58. The van der Waals surface area contributed by atoms with Crippen LogP contribution < -0.4 is 21.9 Å². The van der Waals surface area contributed by atoms with Gasteiger partial charge in [-0.15, -0.1) is 0 Å². The maximum atomic E-state index is 12.2. The first-order valence-electron chi connectivity index (χ1n) is 14.0. The summed E-state index contributed by atoms with van der Waals surface area (Å²) in [6.45, 7) is 22.2. The van der Waals surface area contributed by atoms with Crippen LogP contribution in [0.15, 0.2) is 21.5 Å². The van der Waals surface area contributed by atoms with Gasteiger partial charge in [0.15, 0.2) is 0 Å². The van der Waals surface area contributed by atoms with Crippen molar-refractivity contribution >= 4 is 5.69 Å². The van der Waals surface area contributed by atoms with E-state index in [2.05, 4.69) is 66.0 Å². The van der Waals surface area contributed by atoms with Gasteiger partial charge in [-0.05, 0) is 31.8 Å². The molecule has 1 heterocycles.